The molecule has 0 aliphatic heterocycles. The lowest BCUT2D eigenvalue weighted by Gasteiger charge is -2.31. The zero-order valence-electron chi connectivity index (χ0n) is 17.6. The molecule has 1 aliphatic rings. The van der Waals surface area contributed by atoms with Crippen LogP contribution in [0.15, 0.2) is 54.6 Å². The highest BCUT2D eigenvalue weighted by Crippen LogP contribution is 2.18. The van der Waals surface area contributed by atoms with Crippen molar-refractivity contribution < 1.29 is 9.59 Å². The van der Waals surface area contributed by atoms with E-state index in [1.165, 1.54) is 6.42 Å². The van der Waals surface area contributed by atoms with E-state index in [1.54, 1.807) is 17.0 Å². The van der Waals surface area contributed by atoms with Gasteiger partial charge in [0.05, 0.1) is 6.42 Å². The molecule has 2 amide bonds. The Labute approximate surface area is 184 Å². The van der Waals surface area contributed by atoms with E-state index >= 15 is 0 Å². The number of hydrogen-bond acceptors (Lipinski definition) is 2. The van der Waals surface area contributed by atoms with Gasteiger partial charge in [0, 0.05) is 17.6 Å². The largest absolute Gasteiger partial charge is 0.352 e. The molecular weight excluding hydrogens is 396 g/mol. The van der Waals surface area contributed by atoms with Gasteiger partial charge in [0.25, 0.3) is 0 Å². The lowest BCUT2D eigenvalue weighted by atomic mass is 9.95. The van der Waals surface area contributed by atoms with E-state index in [0.717, 1.165) is 36.8 Å². The number of hydrogen-bond donors (Lipinski definition) is 1. The maximum atomic E-state index is 13.2. The summed E-state index contributed by atoms with van der Waals surface area (Å²) in [5, 5.41) is 3.82. The first-order valence-electron chi connectivity index (χ1n) is 10.9. The van der Waals surface area contributed by atoms with Crippen LogP contribution in [0.4, 0.5) is 0 Å². The van der Waals surface area contributed by atoms with Crippen LogP contribution >= 0.6 is 11.6 Å². The summed E-state index contributed by atoms with van der Waals surface area (Å²) in [7, 11) is 0. The SMILES string of the molecule is C[C@H](C(=O)NC1CCCCC1)N(CCc1ccccc1)C(=O)Cc1ccc(Cl)cc1. The van der Waals surface area contributed by atoms with Crippen LogP contribution in [0, 0.1) is 0 Å². The molecule has 160 valence electrons. The van der Waals surface area contributed by atoms with Crippen molar-refractivity contribution in [2.45, 2.75) is 64.0 Å². The average Bonchev–Trinajstić information content (AvgIpc) is 2.77. The number of halogens is 1. The summed E-state index contributed by atoms with van der Waals surface area (Å²) in [5.74, 6) is -0.0982. The van der Waals surface area contributed by atoms with Gasteiger partial charge in [-0.05, 0) is 49.4 Å². The number of rotatable bonds is 8. The summed E-state index contributed by atoms with van der Waals surface area (Å²) < 4.78 is 0. The Balaban J connectivity index is 1.68. The Hall–Kier alpha value is -2.33. The van der Waals surface area contributed by atoms with Crippen molar-refractivity contribution in [3.8, 4) is 0 Å². The first kappa shape index (κ1) is 22.4. The minimum absolute atomic E-state index is 0.0421. The van der Waals surface area contributed by atoms with E-state index in [-0.39, 0.29) is 24.3 Å². The van der Waals surface area contributed by atoms with Crippen LogP contribution in [-0.4, -0.2) is 35.3 Å². The number of nitrogens with one attached hydrogen (secondary N) is 1. The monoisotopic (exact) mass is 426 g/mol. The summed E-state index contributed by atoms with van der Waals surface area (Å²) in [4.78, 5) is 27.8. The van der Waals surface area contributed by atoms with E-state index in [9.17, 15) is 9.59 Å². The van der Waals surface area contributed by atoms with E-state index in [4.69, 9.17) is 11.6 Å². The van der Waals surface area contributed by atoms with Gasteiger partial charge in [-0.2, -0.15) is 0 Å². The van der Waals surface area contributed by atoms with Crippen LogP contribution in [-0.2, 0) is 22.4 Å². The zero-order chi connectivity index (χ0) is 21.3. The van der Waals surface area contributed by atoms with E-state index < -0.39 is 6.04 Å². The number of carbonyl (C=O) groups is 2. The summed E-state index contributed by atoms with van der Waals surface area (Å²) >= 11 is 5.96. The first-order valence-corrected chi connectivity index (χ1v) is 11.3. The predicted molar refractivity (Wildman–Crippen MR) is 121 cm³/mol. The van der Waals surface area contributed by atoms with Crippen LogP contribution in [0.3, 0.4) is 0 Å². The van der Waals surface area contributed by atoms with Crippen molar-refractivity contribution in [1.82, 2.24) is 10.2 Å². The molecule has 2 aromatic carbocycles. The summed E-state index contributed by atoms with van der Waals surface area (Å²) in [6.07, 6.45) is 6.59. The highest BCUT2D eigenvalue weighted by Gasteiger charge is 2.27. The summed E-state index contributed by atoms with van der Waals surface area (Å²) in [6.45, 7) is 2.35. The minimum Gasteiger partial charge on any atom is -0.352 e. The van der Waals surface area contributed by atoms with Crippen molar-refractivity contribution in [3.63, 3.8) is 0 Å². The maximum Gasteiger partial charge on any atom is 0.242 e. The third-order valence-corrected chi connectivity index (χ3v) is 6.12. The molecule has 0 heterocycles. The number of carbonyl (C=O) groups excluding carboxylic acids is 2. The lowest BCUT2D eigenvalue weighted by molar-refractivity contribution is -0.139. The molecule has 1 N–H and O–H groups in total. The average molecular weight is 427 g/mol. The third-order valence-electron chi connectivity index (χ3n) is 5.87. The van der Waals surface area contributed by atoms with Crippen LogP contribution in [0.25, 0.3) is 0 Å². The summed E-state index contributed by atoms with van der Waals surface area (Å²) in [5.41, 5.74) is 2.05. The molecule has 3 rings (SSSR count). The molecule has 2 aromatic rings. The zero-order valence-corrected chi connectivity index (χ0v) is 18.4. The molecule has 1 atom stereocenters. The van der Waals surface area contributed by atoms with Gasteiger partial charge >= 0.3 is 0 Å². The molecular formula is C25H31ClN2O2. The topological polar surface area (TPSA) is 49.4 Å². The van der Waals surface area contributed by atoms with Crippen molar-refractivity contribution in [2.24, 2.45) is 0 Å². The van der Waals surface area contributed by atoms with Crippen molar-refractivity contribution in [3.05, 3.63) is 70.7 Å². The number of benzene rings is 2. The Bertz CT molecular complexity index is 817. The quantitative estimate of drug-likeness (QED) is 0.659. The van der Waals surface area contributed by atoms with Gasteiger partial charge in [0.15, 0.2) is 0 Å². The predicted octanol–water partition coefficient (Wildman–Crippen LogP) is 4.79. The van der Waals surface area contributed by atoms with E-state index in [1.807, 2.05) is 37.3 Å². The normalized spacial score (nSPS) is 15.4. The van der Waals surface area contributed by atoms with Crippen LogP contribution in [0.2, 0.25) is 5.02 Å². The molecule has 0 radical (unpaired) electrons. The Morgan fingerprint density at radius 1 is 1.00 bits per heavy atom. The molecule has 1 aliphatic carbocycles. The van der Waals surface area contributed by atoms with Gasteiger partial charge in [-0.3, -0.25) is 9.59 Å². The van der Waals surface area contributed by atoms with Crippen LogP contribution in [0.1, 0.15) is 50.2 Å². The molecule has 1 saturated carbocycles. The van der Waals surface area contributed by atoms with Crippen molar-refractivity contribution in [2.75, 3.05) is 6.54 Å². The molecule has 0 saturated heterocycles. The Kier molecular flexibility index (Phi) is 8.32. The number of nitrogens with zero attached hydrogens (tertiary/aromatic N) is 1. The van der Waals surface area contributed by atoms with Gasteiger partial charge in [0.2, 0.25) is 11.8 Å². The highest BCUT2D eigenvalue weighted by molar-refractivity contribution is 6.30. The van der Waals surface area contributed by atoms with Gasteiger partial charge < -0.3 is 10.2 Å². The molecule has 0 unspecified atom stereocenters. The van der Waals surface area contributed by atoms with E-state index in [0.29, 0.717) is 18.0 Å². The standard InChI is InChI=1S/C25H31ClN2O2/c1-19(25(30)27-23-10-6-3-7-11-23)28(17-16-20-8-4-2-5-9-20)24(29)18-21-12-14-22(26)15-13-21/h2,4-5,8-9,12-15,19,23H,3,6-7,10-11,16-18H2,1H3,(H,27,30)/t19-/m1/s1. The van der Waals surface area contributed by atoms with Gasteiger partial charge in [-0.25, -0.2) is 0 Å². The molecule has 5 heteroatoms. The maximum absolute atomic E-state index is 13.2. The fourth-order valence-electron chi connectivity index (χ4n) is 4.02. The number of amides is 2. The summed E-state index contributed by atoms with van der Waals surface area (Å²) in [6, 6.07) is 17.1. The van der Waals surface area contributed by atoms with Crippen LogP contribution in [0.5, 0.6) is 0 Å². The second kappa shape index (κ2) is 11.2. The molecule has 0 bridgehead atoms. The molecule has 30 heavy (non-hydrogen) atoms. The van der Waals surface area contributed by atoms with Gasteiger partial charge in [-0.15, -0.1) is 0 Å². The molecule has 0 spiro atoms. The fraction of sp³-hybridized carbons (Fsp3) is 0.440. The molecule has 0 aromatic heterocycles. The smallest absolute Gasteiger partial charge is 0.242 e. The Morgan fingerprint density at radius 3 is 2.33 bits per heavy atom. The molecule has 4 nitrogen and oxygen atoms in total. The van der Waals surface area contributed by atoms with Crippen molar-refractivity contribution in [1.29, 1.82) is 0 Å². The Morgan fingerprint density at radius 2 is 1.67 bits per heavy atom. The highest BCUT2D eigenvalue weighted by atomic mass is 35.5. The van der Waals surface area contributed by atoms with Gasteiger partial charge in [-0.1, -0.05) is 73.3 Å². The second-order valence-corrected chi connectivity index (χ2v) is 8.58. The second-order valence-electron chi connectivity index (χ2n) is 8.15. The first-order chi connectivity index (χ1) is 14.5. The third kappa shape index (κ3) is 6.60. The fourth-order valence-corrected chi connectivity index (χ4v) is 4.14. The van der Waals surface area contributed by atoms with Crippen molar-refractivity contribution >= 4 is 23.4 Å². The lowest BCUT2D eigenvalue weighted by Crippen LogP contribution is -2.51. The minimum atomic E-state index is -0.504. The molecule has 1 fully saturated rings. The van der Waals surface area contributed by atoms with Crippen LogP contribution < -0.4 is 5.32 Å². The van der Waals surface area contributed by atoms with Gasteiger partial charge in [0.1, 0.15) is 6.04 Å². The van der Waals surface area contributed by atoms with E-state index in [2.05, 4.69) is 17.4 Å².